The number of nitrogens with one attached hydrogen (secondary N) is 1. The number of piperidine rings is 1. The molecule has 1 N–H and O–H groups in total. The summed E-state index contributed by atoms with van der Waals surface area (Å²) in [6.07, 6.45) is 6.80. The minimum atomic E-state index is -0.219. The average Bonchev–Trinajstić information content (AvgIpc) is 2.79. The first-order valence-electron chi connectivity index (χ1n) is 9.96. The Labute approximate surface area is 174 Å². The molecular weight excluding hydrogens is 380 g/mol. The van der Waals surface area contributed by atoms with Crippen molar-refractivity contribution in [2.24, 2.45) is 0 Å². The molecule has 1 saturated heterocycles. The highest BCUT2D eigenvalue weighted by atomic mass is 16.2. The van der Waals surface area contributed by atoms with Gasteiger partial charge in [-0.15, -0.1) is 0 Å². The average molecular weight is 404 g/mol. The fourth-order valence-corrected chi connectivity index (χ4v) is 3.64. The van der Waals surface area contributed by atoms with Crippen molar-refractivity contribution in [2.75, 3.05) is 32.1 Å². The van der Waals surface area contributed by atoms with Gasteiger partial charge in [0.05, 0.1) is 11.3 Å². The van der Waals surface area contributed by atoms with Crippen LogP contribution in [0.5, 0.6) is 0 Å². The standard InChI is InChI=1S/C22H24N6O2/c1-27(2)19-11-18(25-21(26-19)15-5-3-9-23-12-15)17-6-4-10-28(14-17)22(30)16-7-8-20(29)24-13-16/h3,5,7-9,11-13,17H,4,6,10,14H2,1-2H3,(H,24,29)/t17-/m0/s1. The van der Waals surface area contributed by atoms with E-state index in [0.29, 0.717) is 24.5 Å². The van der Waals surface area contributed by atoms with E-state index < -0.39 is 0 Å². The second kappa shape index (κ2) is 8.44. The third-order valence-electron chi connectivity index (χ3n) is 5.27. The zero-order chi connectivity index (χ0) is 21.1. The van der Waals surface area contributed by atoms with E-state index in [0.717, 1.165) is 29.9 Å². The lowest BCUT2D eigenvalue weighted by molar-refractivity contribution is 0.0705. The molecule has 1 aliphatic heterocycles. The molecule has 0 saturated carbocycles. The topological polar surface area (TPSA) is 95.1 Å². The number of carbonyl (C=O) groups is 1. The predicted molar refractivity (Wildman–Crippen MR) is 115 cm³/mol. The first-order valence-corrected chi connectivity index (χ1v) is 9.96. The second-order valence-corrected chi connectivity index (χ2v) is 7.64. The largest absolute Gasteiger partial charge is 0.363 e. The first kappa shape index (κ1) is 19.8. The van der Waals surface area contributed by atoms with Crippen LogP contribution in [0.15, 0.2) is 53.7 Å². The SMILES string of the molecule is CN(C)c1cc([C@H]2CCCN(C(=O)c3ccc(=O)[nH]c3)C2)nc(-c2cccnc2)n1. The van der Waals surface area contributed by atoms with Crippen LogP contribution < -0.4 is 10.5 Å². The number of likely N-dealkylation sites (tertiary alicyclic amines) is 1. The van der Waals surface area contributed by atoms with Crippen LogP contribution in [0, 0.1) is 0 Å². The summed E-state index contributed by atoms with van der Waals surface area (Å²) in [4.78, 5) is 44.2. The first-order chi connectivity index (χ1) is 14.5. The molecule has 0 unspecified atom stereocenters. The van der Waals surface area contributed by atoms with E-state index in [1.165, 1.54) is 12.3 Å². The van der Waals surface area contributed by atoms with Crippen LogP contribution in [0.3, 0.4) is 0 Å². The van der Waals surface area contributed by atoms with Gasteiger partial charge in [-0.3, -0.25) is 14.6 Å². The summed E-state index contributed by atoms with van der Waals surface area (Å²) in [7, 11) is 3.90. The fraction of sp³-hybridized carbons (Fsp3) is 0.318. The van der Waals surface area contributed by atoms with Crippen LogP contribution in [0.25, 0.3) is 11.4 Å². The van der Waals surface area contributed by atoms with Gasteiger partial charge in [0.2, 0.25) is 5.56 Å². The Kier molecular flexibility index (Phi) is 5.56. The van der Waals surface area contributed by atoms with Gasteiger partial charge in [0.1, 0.15) is 5.82 Å². The summed E-state index contributed by atoms with van der Waals surface area (Å²) < 4.78 is 0. The zero-order valence-corrected chi connectivity index (χ0v) is 17.1. The monoisotopic (exact) mass is 404 g/mol. The van der Waals surface area contributed by atoms with Crippen LogP contribution in [0.4, 0.5) is 5.82 Å². The van der Waals surface area contributed by atoms with E-state index in [-0.39, 0.29) is 17.4 Å². The summed E-state index contributed by atoms with van der Waals surface area (Å²) in [5.74, 6) is 1.49. The van der Waals surface area contributed by atoms with Gasteiger partial charge in [0.25, 0.3) is 5.91 Å². The molecule has 0 bridgehead atoms. The van der Waals surface area contributed by atoms with E-state index in [2.05, 4.69) is 15.0 Å². The Bertz CT molecular complexity index is 1080. The van der Waals surface area contributed by atoms with Crippen LogP contribution in [0.1, 0.15) is 34.8 Å². The molecule has 4 heterocycles. The number of anilines is 1. The number of aromatic nitrogens is 4. The van der Waals surface area contributed by atoms with Gasteiger partial charge >= 0.3 is 0 Å². The highest BCUT2D eigenvalue weighted by Gasteiger charge is 2.27. The van der Waals surface area contributed by atoms with Crippen molar-refractivity contribution in [3.05, 3.63) is 70.5 Å². The number of rotatable bonds is 4. The summed E-state index contributed by atoms with van der Waals surface area (Å²) in [5, 5.41) is 0. The quantitative estimate of drug-likeness (QED) is 0.717. The lowest BCUT2D eigenvalue weighted by Crippen LogP contribution is -2.39. The molecule has 0 spiro atoms. The lowest BCUT2D eigenvalue weighted by Gasteiger charge is -2.33. The molecule has 1 aliphatic rings. The van der Waals surface area contributed by atoms with Gasteiger partial charge in [0.15, 0.2) is 5.82 Å². The summed E-state index contributed by atoms with van der Waals surface area (Å²) >= 11 is 0. The Morgan fingerprint density at radius 3 is 2.80 bits per heavy atom. The van der Waals surface area contributed by atoms with Crippen LogP contribution in [-0.4, -0.2) is 57.9 Å². The summed E-state index contributed by atoms with van der Waals surface area (Å²) in [5.41, 5.74) is 2.05. The Morgan fingerprint density at radius 2 is 2.10 bits per heavy atom. The van der Waals surface area contributed by atoms with Crippen molar-refractivity contribution in [1.29, 1.82) is 0 Å². The molecule has 154 valence electrons. The molecule has 1 fully saturated rings. The molecule has 30 heavy (non-hydrogen) atoms. The number of hydrogen-bond donors (Lipinski definition) is 1. The van der Waals surface area contributed by atoms with Gasteiger partial charge in [-0.25, -0.2) is 9.97 Å². The molecule has 0 radical (unpaired) electrons. The van der Waals surface area contributed by atoms with E-state index in [1.54, 1.807) is 18.5 Å². The number of hydrogen-bond acceptors (Lipinski definition) is 6. The van der Waals surface area contributed by atoms with Crippen LogP contribution in [0.2, 0.25) is 0 Å². The van der Waals surface area contributed by atoms with Crippen molar-refractivity contribution < 1.29 is 4.79 Å². The van der Waals surface area contributed by atoms with Gasteiger partial charge in [-0.05, 0) is 31.0 Å². The predicted octanol–water partition coefficient (Wildman–Crippen LogP) is 2.31. The van der Waals surface area contributed by atoms with Gasteiger partial charge < -0.3 is 14.8 Å². The molecule has 1 atom stereocenters. The van der Waals surface area contributed by atoms with E-state index in [1.807, 2.05) is 42.1 Å². The summed E-state index contributed by atoms with van der Waals surface area (Å²) in [6.45, 7) is 1.27. The molecule has 4 rings (SSSR count). The number of carbonyl (C=O) groups excluding carboxylic acids is 1. The normalized spacial score (nSPS) is 16.3. The van der Waals surface area contributed by atoms with Crippen molar-refractivity contribution in [3.63, 3.8) is 0 Å². The highest BCUT2D eigenvalue weighted by Crippen LogP contribution is 2.30. The molecular formula is C22H24N6O2. The van der Waals surface area contributed by atoms with Crippen molar-refractivity contribution in [1.82, 2.24) is 24.8 Å². The van der Waals surface area contributed by atoms with Crippen LogP contribution >= 0.6 is 0 Å². The number of pyridine rings is 2. The second-order valence-electron chi connectivity index (χ2n) is 7.64. The van der Waals surface area contributed by atoms with E-state index in [9.17, 15) is 9.59 Å². The maximum absolute atomic E-state index is 12.9. The molecule has 3 aromatic rings. The lowest BCUT2D eigenvalue weighted by atomic mass is 9.93. The maximum atomic E-state index is 12.9. The Morgan fingerprint density at radius 1 is 1.23 bits per heavy atom. The molecule has 8 nitrogen and oxygen atoms in total. The smallest absolute Gasteiger partial charge is 0.255 e. The molecule has 3 aromatic heterocycles. The number of amides is 1. The minimum Gasteiger partial charge on any atom is -0.363 e. The van der Waals surface area contributed by atoms with Gasteiger partial charge in [-0.1, -0.05) is 0 Å². The molecule has 0 aromatic carbocycles. The Hall–Kier alpha value is -3.55. The fourth-order valence-electron chi connectivity index (χ4n) is 3.64. The Balaban J connectivity index is 1.62. The number of nitrogens with zero attached hydrogens (tertiary/aromatic N) is 5. The summed E-state index contributed by atoms with van der Waals surface area (Å²) in [6, 6.07) is 8.76. The van der Waals surface area contributed by atoms with Gasteiger partial charge in [-0.2, -0.15) is 0 Å². The minimum absolute atomic E-state index is 0.0784. The van der Waals surface area contributed by atoms with Crippen LogP contribution in [-0.2, 0) is 0 Å². The maximum Gasteiger partial charge on any atom is 0.255 e. The zero-order valence-electron chi connectivity index (χ0n) is 17.1. The van der Waals surface area contributed by atoms with Crippen molar-refractivity contribution >= 4 is 11.7 Å². The molecule has 1 amide bonds. The van der Waals surface area contributed by atoms with E-state index >= 15 is 0 Å². The van der Waals surface area contributed by atoms with Crippen molar-refractivity contribution in [2.45, 2.75) is 18.8 Å². The van der Waals surface area contributed by atoms with Crippen molar-refractivity contribution in [3.8, 4) is 11.4 Å². The molecule has 8 heteroatoms. The highest BCUT2D eigenvalue weighted by molar-refractivity contribution is 5.94. The third kappa shape index (κ3) is 4.22. The number of aromatic amines is 1. The molecule has 0 aliphatic carbocycles. The van der Waals surface area contributed by atoms with Gasteiger partial charge in [0, 0.05) is 69.4 Å². The number of H-pyrrole nitrogens is 1. The third-order valence-corrected chi connectivity index (χ3v) is 5.27. The van der Waals surface area contributed by atoms with E-state index in [4.69, 9.17) is 4.98 Å².